The first-order chi connectivity index (χ1) is 18.2. The van der Waals surface area contributed by atoms with Gasteiger partial charge in [-0.15, -0.1) is 0 Å². The fourth-order valence-corrected chi connectivity index (χ4v) is 6.49. The number of nitrogens with one attached hydrogen (secondary N) is 3. The summed E-state index contributed by atoms with van der Waals surface area (Å²) in [5.74, 6) is 1.77. The van der Waals surface area contributed by atoms with Crippen LogP contribution < -0.4 is 10.6 Å². The number of likely N-dealkylation sites (tertiary alicyclic amines) is 1. The van der Waals surface area contributed by atoms with Gasteiger partial charge in [0.25, 0.3) is 0 Å². The normalized spacial score (nSPS) is 18.1. The monoisotopic (exact) mass is 495 g/mol. The smallest absolute Gasteiger partial charge is 0.159 e. The molecule has 2 aliphatic heterocycles. The molecule has 190 valence electrons. The number of anilines is 2. The van der Waals surface area contributed by atoms with Crippen molar-refractivity contribution in [3.63, 3.8) is 0 Å². The Balaban J connectivity index is 1.32. The van der Waals surface area contributed by atoms with E-state index in [9.17, 15) is 5.26 Å². The average molecular weight is 496 g/mol. The summed E-state index contributed by atoms with van der Waals surface area (Å²) in [4.78, 5) is 7.64. The number of H-pyrrole nitrogens is 1. The van der Waals surface area contributed by atoms with E-state index in [1.165, 1.54) is 45.2 Å². The Morgan fingerprint density at radius 3 is 2.73 bits per heavy atom. The summed E-state index contributed by atoms with van der Waals surface area (Å²) in [5, 5.41) is 18.1. The molecule has 7 heteroatoms. The lowest BCUT2D eigenvalue weighted by Gasteiger charge is -2.48. The topological polar surface area (TPSA) is 89.7 Å². The second-order valence-corrected chi connectivity index (χ2v) is 10.7. The van der Waals surface area contributed by atoms with Crippen LogP contribution in [0.1, 0.15) is 49.0 Å². The maximum atomic E-state index is 9.90. The predicted molar refractivity (Wildman–Crippen MR) is 146 cm³/mol. The number of piperidine rings is 2. The van der Waals surface area contributed by atoms with Crippen molar-refractivity contribution in [2.45, 2.75) is 51.6 Å². The number of quaternary nitrogens is 1. The van der Waals surface area contributed by atoms with E-state index in [-0.39, 0.29) is 0 Å². The van der Waals surface area contributed by atoms with Crippen LogP contribution in [-0.2, 0) is 6.54 Å². The van der Waals surface area contributed by atoms with Crippen LogP contribution in [-0.4, -0.2) is 46.7 Å². The molecular weight excluding hydrogens is 460 g/mol. The fourth-order valence-electron chi connectivity index (χ4n) is 6.49. The molecule has 0 radical (unpaired) electrons. The lowest BCUT2D eigenvalue weighted by Crippen LogP contribution is -2.59. The van der Waals surface area contributed by atoms with Crippen LogP contribution in [0.15, 0.2) is 53.3 Å². The van der Waals surface area contributed by atoms with Gasteiger partial charge in [0.15, 0.2) is 5.76 Å². The number of rotatable bonds is 6. The zero-order chi connectivity index (χ0) is 25.2. The number of aromatic nitrogens is 2. The lowest BCUT2D eigenvalue weighted by atomic mass is 9.96. The maximum absolute atomic E-state index is 9.90. The Hall–Kier alpha value is -3.60. The SMILES string of the molecule is Cc1c(Nc2c(C#N)cncc2-c2ccc(C[N+]3(C4CCNCC4)CCCCC3)o2)ccc2[nH]ccc12. The van der Waals surface area contributed by atoms with E-state index in [4.69, 9.17) is 4.42 Å². The fraction of sp³-hybridized carbons (Fsp3) is 0.400. The number of furan rings is 1. The first-order valence-electron chi connectivity index (χ1n) is 13.5. The van der Waals surface area contributed by atoms with Crippen LogP contribution in [0.5, 0.6) is 0 Å². The summed E-state index contributed by atoms with van der Waals surface area (Å²) in [5.41, 5.74) is 5.23. The van der Waals surface area contributed by atoms with Crippen molar-refractivity contribution in [1.29, 1.82) is 5.26 Å². The second-order valence-electron chi connectivity index (χ2n) is 10.7. The van der Waals surface area contributed by atoms with E-state index < -0.39 is 0 Å². The Bertz CT molecular complexity index is 1430. The summed E-state index contributed by atoms with van der Waals surface area (Å²) < 4.78 is 7.67. The Morgan fingerprint density at radius 1 is 1.08 bits per heavy atom. The minimum atomic E-state index is 0.498. The number of fused-ring (bicyclic) bond motifs is 1. The summed E-state index contributed by atoms with van der Waals surface area (Å²) in [6.45, 7) is 7.73. The third-order valence-corrected chi connectivity index (χ3v) is 8.52. The predicted octanol–water partition coefficient (Wildman–Crippen LogP) is 6.00. The van der Waals surface area contributed by atoms with E-state index in [0.29, 0.717) is 11.6 Å². The van der Waals surface area contributed by atoms with Crippen molar-refractivity contribution in [3.8, 4) is 17.4 Å². The molecular formula is C30H35N6O+. The van der Waals surface area contributed by atoms with Gasteiger partial charge >= 0.3 is 0 Å². The number of nitrogens with zero attached hydrogens (tertiary/aromatic N) is 3. The number of hydrogen-bond donors (Lipinski definition) is 3. The third-order valence-electron chi connectivity index (χ3n) is 8.52. The summed E-state index contributed by atoms with van der Waals surface area (Å²) >= 11 is 0. The van der Waals surface area contributed by atoms with Crippen molar-refractivity contribution >= 4 is 22.3 Å². The molecule has 3 N–H and O–H groups in total. The van der Waals surface area contributed by atoms with E-state index in [1.807, 2.05) is 12.3 Å². The molecule has 0 spiro atoms. The second kappa shape index (κ2) is 10.0. The highest BCUT2D eigenvalue weighted by atomic mass is 16.3. The Labute approximate surface area is 218 Å². The standard InChI is InChI=1S/C30H35N6O/c1-21-25-11-14-34-28(25)7-6-27(21)35-30-22(17-31)18-33-19-26(30)29-8-5-24(37-29)20-36(15-3-2-4-16-36)23-9-12-32-13-10-23/h5-8,11,14,18-19,23,32,34H,2-4,9-10,12-13,15-16,20H2,1H3,(H,33,35)/q+1. The number of pyridine rings is 1. The van der Waals surface area contributed by atoms with Gasteiger partial charge in [0.1, 0.15) is 18.4 Å². The number of hydrogen-bond acceptors (Lipinski definition) is 5. The van der Waals surface area contributed by atoms with Gasteiger partial charge < -0.3 is 24.5 Å². The van der Waals surface area contributed by atoms with Gasteiger partial charge in [0.05, 0.1) is 35.9 Å². The van der Waals surface area contributed by atoms with Gasteiger partial charge in [-0.3, -0.25) is 4.98 Å². The molecule has 2 aliphatic rings. The molecule has 0 unspecified atom stereocenters. The molecule has 2 fully saturated rings. The van der Waals surface area contributed by atoms with Gasteiger partial charge in [-0.1, -0.05) is 0 Å². The number of benzene rings is 1. The molecule has 7 nitrogen and oxygen atoms in total. The van der Waals surface area contributed by atoms with Crippen LogP contribution in [0.25, 0.3) is 22.2 Å². The molecule has 2 saturated heterocycles. The summed E-state index contributed by atoms with van der Waals surface area (Å²) in [6.07, 6.45) is 11.8. The average Bonchev–Trinajstić information content (AvgIpc) is 3.61. The number of aryl methyl sites for hydroxylation is 1. The quantitative estimate of drug-likeness (QED) is 0.286. The summed E-state index contributed by atoms with van der Waals surface area (Å²) in [6, 6.07) is 13.4. The first kappa shape index (κ1) is 23.8. The molecule has 0 amide bonds. The van der Waals surface area contributed by atoms with Crippen molar-refractivity contribution in [2.24, 2.45) is 0 Å². The van der Waals surface area contributed by atoms with Gasteiger partial charge in [0.2, 0.25) is 0 Å². The molecule has 1 aromatic carbocycles. The van der Waals surface area contributed by atoms with Crippen molar-refractivity contribution < 1.29 is 8.90 Å². The van der Waals surface area contributed by atoms with Crippen LogP contribution in [0.3, 0.4) is 0 Å². The molecule has 0 bridgehead atoms. The van der Waals surface area contributed by atoms with Crippen LogP contribution in [0.4, 0.5) is 11.4 Å². The van der Waals surface area contributed by atoms with Crippen molar-refractivity contribution in [3.05, 3.63) is 65.8 Å². The highest BCUT2D eigenvalue weighted by molar-refractivity contribution is 5.91. The molecule has 5 heterocycles. The highest BCUT2D eigenvalue weighted by Gasteiger charge is 2.39. The van der Waals surface area contributed by atoms with Gasteiger partial charge in [-0.25, -0.2) is 0 Å². The zero-order valence-electron chi connectivity index (χ0n) is 21.5. The number of nitriles is 1. The van der Waals surface area contributed by atoms with Crippen LogP contribution >= 0.6 is 0 Å². The minimum Gasteiger partial charge on any atom is -0.455 e. The van der Waals surface area contributed by atoms with Gasteiger partial charge in [-0.2, -0.15) is 5.26 Å². The van der Waals surface area contributed by atoms with E-state index in [0.717, 1.165) is 69.0 Å². The molecule has 0 aliphatic carbocycles. The third kappa shape index (κ3) is 4.52. The Kier molecular flexibility index (Phi) is 6.45. The largest absolute Gasteiger partial charge is 0.455 e. The van der Waals surface area contributed by atoms with Crippen molar-refractivity contribution in [2.75, 3.05) is 31.5 Å². The van der Waals surface area contributed by atoms with Gasteiger partial charge in [-0.05, 0) is 62.1 Å². The molecule has 3 aromatic heterocycles. The van der Waals surface area contributed by atoms with E-state index >= 15 is 0 Å². The lowest BCUT2D eigenvalue weighted by molar-refractivity contribution is -0.969. The van der Waals surface area contributed by atoms with E-state index in [1.54, 1.807) is 12.4 Å². The molecule has 0 saturated carbocycles. The minimum absolute atomic E-state index is 0.498. The zero-order valence-corrected chi connectivity index (χ0v) is 21.5. The van der Waals surface area contributed by atoms with Gasteiger partial charge in [0, 0.05) is 61.1 Å². The van der Waals surface area contributed by atoms with Crippen molar-refractivity contribution in [1.82, 2.24) is 15.3 Å². The van der Waals surface area contributed by atoms with Crippen LogP contribution in [0.2, 0.25) is 0 Å². The van der Waals surface area contributed by atoms with Crippen LogP contribution in [0, 0.1) is 18.3 Å². The Morgan fingerprint density at radius 2 is 1.92 bits per heavy atom. The molecule has 4 aromatic rings. The highest BCUT2D eigenvalue weighted by Crippen LogP contribution is 2.37. The maximum Gasteiger partial charge on any atom is 0.159 e. The molecule has 37 heavy (non-hydrogen) atoms. The first-order valence-corrected chi connectivity index (χ1v) is 13.5. The molecule has 0 atom stereocenters. The summed E-state index contributed by atoms with van der Waals surface area (Å²) in [7, 11) is 0. The van der Waals surface area contributed by atoms with E-state index in [2.05, 4.69) is 57.9 Å². The molecule has 6 rings (SSSR count). The number of aromatic amines is 1.